The number of hydrogen-bond donors (Lipinski definition) is 0. The maximum absolute atomic E-state index is 11.7. The smallest absolute Gasteiger partial charge is 0.296 e. The topological polar surface area (TPSA) is 86.9 Å². The first kappa shape index (κ1) is 9.97. The quantitative estimate of drug-likeness (QED) is 0.673. The third-order valence-electron chi connectivity index (χ3n) is 1.89. The summed E-state index contributed by atoms with van der Waals surface area (Å²) in [6.45, 7) is 0. The summed E-state index contributed by atoms with van der Waals surface area (Å²) in [6, 6.07) is -0.471. The van der Waals surface area contributed by atoms with Gasteiger partial charge in [-0.3, -0.25) is 18.7 Å². The van der Waals surface area contributed by atoms with Crippen LogP contribution in [-0.4, -0.2) is 37.7 Å². The summed E-state index contributed by atoms with van der Waals surface area (Å²) in [5.74, 6) is 0. The predicted molar refractivity (Wildman–Crippen MR) is 51.4 cm³/mol. The van der Waals surface area contributed by atoms with Gasteiger partial charge in [0.15, 0.2) is 12.6 Å². The zero-order chi connectivity index (χ0) is 11.5. The molecule has 0 fully saturated rings. The van der Waals surface area contributed by atoms with Gasteiger partial charge in [0.05, 0.1) is 0 Å². The van der Waals surface area contributed by atoms with Gasteiger partial charge in [0.2, 0.25) is 0 Å². The van der Waals surface area contributed by atoms with E-state index in [0.717, 1.165) is 9.13 Å². The molecule has 0 aromatic carbocycles. The van der Waals surface area contributed by atoms with Crippen LogP contribution in [-0.2, 0) is 0 Å². The molecule has 0 spiro atoms. The van der Waals surface area contributed by atoms with E-state index in [1.807, 2.05) is 0 Å². The largest absolute Gasteiger partial charge is 0.338 e. The lowest BCUT2D eigenvalue weighted by Crippen LogP contribution is -2.16. The Morgan fingerprint density at radius 3 is 1.75 bits per heavy atom. The SMILES string of the molecule is O=Cc1cn(C(=O)n2cnc(C=O)c2)cn1. The van der Waals surface area contributed by atoms with Crippen molar-refractivity contribution in [3.63, 3.8) is 0 Å². The molecule has 0 radical (unpaired) electrons. The molecule has 0 atom stereocenters. The second kappa shape index (κ2) is 3.89. The van der Waals surface area contributed by atoms with Gasteiger partial charge in [-0.1, -0.05) is 0 Å². The second-order valence-electron chi connectivity index (χ2n) is 2.93. The minimum absolute atomic E-state index is 0.157. The lowest BCUT2D eigenvalue weighted by molar-refractivity contribution is 0.111. The Kier molecular flexibility index (Phi) is 2.42. The molecule has 0 unspecified atom stereocenters. The summed E-state index contributed by atoms with van der Waals surface area (Å²) in [7, 11) is 0. The van der Waals surface area contributed by atoms with E-state index in [4.69, 9.17) is 0 Å². The van der Waals surface area contributed by atoms with Crippen LogP contribution in [0.15, 0.2) is 25.0 Å². The first-order valence-corrected chi connectivity index (χ1v) is 4.27. The van der Waals surface area contributed by atoms with Crippen molar-refractivity contribution in [2.75, 3.05) is 0 Å². The monoisotopic (exact) mass is 218 g/mol. The van der Waals surface area contributed by atoms with Crippen LogP contribution in [0.5, 0.6) is 0 Å². The van der Waals surface area contributed by atoms with Gasteiger partial charge in [0.1, 0.15) is 24.0 Å². The molecular formula is C9H6N4O3. The highest BCUT2D eigenvalue weighted by Gasteiger charge is 2.09. The van der Waals surface area contributed by atoms with E-state index >= 15 is 0 Å². The maximum atomic E-state index is 11.7. The molecule has 2 heterocycles. The van der Waals surface area contributed by atoms with Crippen molar-refractivity contribution in [3.05, 3.63) is 36.4 Å². The highest BCUT2D eigenvalue weighted by Crippen LogP contribution is 1.98. The highest BCUT2D eigenvalue weighted by atomic mass is 16.2. The molecule has 7 nitrogen and oxygen atoms in total. The predicted octanol–water partition coefficient (Wildman–Crippen LogP) is 0.221. The van der Waals surface area contributed by atoms with Crippen LogP contribution in [0.4, 0.5) is 4.79 Å². The van der Waals surface area contributed by atoms with E-state index in [1.54, 1.807) is 0 Å². The van der Waals surface area contributed by atoms with Crippen LogP contribution in [0.25, 0.3) is 0 Å². The molecule has 0 saturated heterocycles. The highest BCUT2D eigenvalue weighted by molar-refractivity contribution is 5.82. The molecule has 0 aliphatic heterocycles. The molecule has 0 saturated carbocycles. The Hall–Kier alpha value is -2.57. The number of carbonyl (C=O) groups excluding carboxylic acids is 3. The fraction of sp³-hybridized carbons (Fsp3) is 0. The molecule has 0 aliphatic rings. The lowest BCUT2D eigenvalue weighted by Gasteiger charge is -1.98. The Morgan fingerprint density at radius 1 is 1.00 bits per heavy atom. The van der Waals surface area contributed by atoms with Crippen LogP contribution >= 0.6 is 0 Å². The number of aldehydes is 2. The number of imidazole rings is 2. The van der Waals surface area contributed by atoms with Crippen LogP contribution < -0.4 is 0 Å². The van der Waals surface area contributed by atoms with Crippen LogP contribution in [0.2, 0.25) is 0 Å². The second-order valence-corrected chi connectivity index (χ2v) is 2.93. The van der Waals surface area contributed by atoms with E-state index in [9.17, 15) is 14.4 Å². The zero-order valence-corrected chi connectivity index (χ0v) is 7.98. The summed E-state index contributed by atoms with van der Waals surface area (Å²) in [6.07, 6.45) is 6.08. The molecule has 7 heteroatoms. The van der Waals surface area contributed by atoms with Crippen LogP contribution in [0, 0.1) is 0 Å². The fourth-order valence-corrected chi connectivity index (χ4v) is 1.14. The molecule has 0 aliphatic carbocycles. The number of aromatic nitrogens is 4. The Balaban J connectivity index is 2.30. The summed E-state index contributed by atoms with van der Waals surface area (Å²) >= 11 is 0. The first-order chi connectivity index (χ1) is 7.74. The molecule has 0 bridgehead atoms. The Bertz CT molecular complexity index is 506. The molecule has 2 rings (SSSR count). The third kappa shape index (κ3) is 1.65. The number of nitrogens with zero attached hydrogens (tertiary/aromatic N) is 4. The fourth-order valence-electron chi connectivity index (χ4n) is 1.14. The van der Waals surface area contributed by atoms with Gasteiger partial charge in [0.25, 0.3) is 0 Å². The van der Waals surface area contributed by atoms with Crippen molar-refractivity contribution in [3.8, 4) is 0 Å². The van der Waals surface area contributed by atoms with Crippen LogP contribution in [0.3, 0.4) is 0 Å². The summed E-state index contributed by atoms with van der Waals surface area (Å²) < 4.78 is 2.25. The molecule has 80 valence electrons. The molecule has 0 amide bonds. The summed E-state index contributed by atoms with van der Waals surface area (Å²) in [5, 5.41) is 0. The van der Waals surface area contributed by atoms with Crippen molar-refractivity contribution < 1.29 is 14.4 Å². The first-order valence-electron chi connectivity index (χ1n) is 4.27. The summed E-state index contributed by atoms with van der Waals surface area (Å²) in [5.41, 5.74) is 0.313. The van der Waals surface area contributed by atoms with Gasteiger partial charge in [-0.15, -0.1) is 0 Å². The van der Waals surface area contributed by atoms with Crippen molar-refractivity contribution in [1.29, 1.82) is 0 Å². The van der Waals surface area contributed by atoms with E-state index in [2.05, 4.69) is 9.97 Å². The van der Waals surface area contributed by atoms with Crippen molar-refractivity contribution in [1.82, 2.24) is 19.1 Å². The van der Waals surface area contributed by atoms with Crippen molar-refractivity contribution in [2.24, 2.45) is 0 Å². The number of carbonyl (C=O) groups is 3. The zero-order valence-electron chi connectivity index (χ0n) is 7.98. The minimum Gasteiger partial charge on any atom is -0.296 e. The number of hydrogen-bond acceptors (Lipinski definition) is 5. The standard InChI is InChI=1S/C9H6N4O3/c14-3-7-1-12(5-10-7)9(16)13-2-8(4-15)11-6-13/h1-6H. The molecule has 2 aromatic heterocycles. The summed E-state index contributed by atoms with van der Waals surface area (Å²) in [4.78, 5) is 39.8. The van der Waals surface area contributed by atoms with E-state index in [-0.39, 0.29) is 11.4 Å². The van der Waals surface area contributed by atoms with Gasteiger partial charge in [-0.25, -0.2) is 14.8 Å². The Labute approximate surface area is 89.3 Å². The lowest BCUT2D eigenvalue weighted by atomic mass is 10.5. The molecular weight excluding hydrogens is 212 g/mol. The van der Waals surface area contributed by atoms with E-state index in [0.29, 0.717) is 12.6 Å². The van der Waals surface area contributed by atoms with Crippen LogP contribution in [0.1, 0.15) is 21.0 Å². The normalized spacial score (nSPS) is 10.0. The molecule has 0 N–H and O–H groups in total. The molecule has 16 heavy (non-hydrogen) atoms. The van der Waals surface area contributed by atoms with Gasteiger partial charge >= 0.3 is 6.03 Å². The van der Waals surface area contributed by atoms with Crippen molar-refractivity contribution in [2.45, 2.75) is 0 Å². The third-order valence-corrected chi connectivity index (χ3v) is 1.89. The van der Waals surface area contributed by atoms with Gasteiger partial charge < -0.3 is 0 Å². The van der Waals surface area contributed by atoms with E-state index < -0.39 is 6.03 Å². The van der Waals surface area contributed by atoms with Gasteiger partial charge in [-0.2, -0.15) is 0 Å². The Morgan fingerprint density at radius 2 is 1.44 bits per heavy atom. The minimum atomic E-state index is -0.471. The average molecular weight is 218 g/mol. The van der Waals surface area contributed by atoms with Gasteiger partial charge in [0, 0.05) is 12.4 Å². The van der Waals surface area contributed by atoms with Crippen molar-refractivity contribution >= 4 is 18.6 Å². The number of rotatable bonds is 2. The van der Waals surface area contributed by atoms with Gasteiger partial charge in [-0.05, 0) is 0 Å². The molecule has 2 aromatic rings. The maximum Gasteiger partial charge on any atom is 0.338 e. The van der Waals surface area contributed by atoms with E-state index in [1.165, 1.54) is 25.0 Å². The average Bonchev–Trinajstić information content (AvgIpc) is 2.97.